The molecular formula is C4H6N2S2. The molecule has 0 unspecified atom stereocenters. The molecule has 0 aromatic carbocycles. The normalized spacial score (nSPS) is 5.00. The lowest BCUT2D eigenvalue weighted by atomic mass is 11.8. The second-order valence-corrected chi connectivity index (χ2v) is 1.77. The Morgan fingerprint density at radius 2 is 1.12 bits per heavy atom. The maximum Gasteiger partial charge on any atom is 0.133 e. The topological polar surface area (TPSA) is 47.6 Å². The van der Waals surface area contributed by atoms with Gasteiger partial charge in [-0.15, -0.1) is 0 Å². The molecule has 0 aliphatic rings. The van der Waals surface area contributed by atoms with Crippen LogP contribution in [-0.2, 0) is 0 Å². The minimum atomic E-state index is 1.16. The van der Waals surface area contributed by atoms with Gasteiger partial charge in [0.2, 0.25) is 0 Å². The average Bonchev–Trinajstić information content (AvgIpc) is 1.88. The minimum Gasteiger partial charge on any atom is -0.185 e. The number of nitriles is 2. The summed E-state index contributed by atoms with van der Waals surface area (Å²) in [7, 11) is 0. The van der Waals surface area contributed by atoms with E-state index >= 15 is 0 Å². The summed E-state index contributed by atoms with van der Waals surface area (Å²) in [5.74, 6) is 0. The molecule has 44 valence electrons. The molecular weight excluding hydrogens is 140 g/mol. The van der Waals surface area contributed by atoms with Crippen LogP contribution in [0.4, 0.5) is 0 Å². The van der Waals surface area contributed by atoms with E-state index in [1.54, 1.807) is 12.5 Å². The van der Waals surface area contributed by atoms with Crippen molar-refractivity contribution in [2.24, 2.45) is 0 Å². The molecule has 0 heterocycles. The maximum atomic E-state index is 7.59. The molecule has 0 rings (SSSR count). The van der Waals surface area contributed by atoms with Gasteiger partial charge in [0, 0.05) is 0 Å². The standard InChI is InChI=1S/2C2H3NS/c2*1-4-2-3/h2*1H3. The Kier molecular flexibility index (Phi) is 21.1. The third kappa shape index (κ3) is 44.1. The molecule has 0 amide bonds. The zero-order chi connectivity index (χ0) is 6.83. The van der Waals surface area contributed by atoms with E-state index in [0.717, 1.165) is 23.5 Å². The van der Waals surface area contributed by atoms with Gasteiger partial charge in [-0.05, 0) is 36.0 Å². The quantitative estimate of drug-likeness (QED) is 0.488. The molecule has 8 heavy (non-hydrogen) atoms. The van der Waals surface area contributed by atoms with Gasteiger partial charge in [-0.25, -0.2) is 0 Å². The number of hydrogen-bond acceptors (Lipinski definition) is 4. The molecule has 4 heteroatoms. The van der Waals surface area contributed by atoms with Gasteiger partial charge >= 0.3 is 0 Å². The lowest BCUT2D eigenvalue weighted by Gasteiger charge is -1.47. The zero-order valence-electron chi connectivity index (χ0n) is 4.71. The highest BCUT2D eigenvalue weighted by Gasteiger charge is 1.49. The molecule has 0 aromatic heterocycles. The molecule has 0 atom stereocenters. The number of nitrogens with zero attached hydrogens (tertiary/aromatic N) is 2. The summed E-state index contributed by atoms with van der Waals surface area (Å²) in [6.07, 6.45) is 3.47. The van der Waals surface area contributed by atoms with Crippen molar-refractivity contribution in [2.75, 3.05) is 12.5 Å². The summed E-state index contributed by atoms with van der Waals surface area (Å²) >= 11 is 2.32. The summed E-state index contributed by atoms with van der Waals surface area (Å²) in [6.45, 7) is 0. The van der Waals surface area contributed by atoms with E-state index in [1.807, 2.05) is 10.8 Å². The maximum absolute atomic E-state index is 7.59. The van der Waals surface area contributed by atoms with Crippen LogP contribution in [0.5, 0.6) is 0 Å². The van der Waals surface area contributed by atoms with Crippen molar-refractivity contribution >= 4 is 23.5 Å². The fourth-order valence-corrected chi connectivity index (χ4v) is 0. The Morgan fingerprint density at radius 3 is 1.12 bits per heavy atom. The van der Waals surface area contributed by atoms with Crippen LogP contribution in [0.3, 0.4) is 0 Å². The molecule has 0 saturated heterocycles. The molecule has 0 saturated carbocycles. The van der Waals surface area contributed by atoms with Crippen LogP contribution in [0.25, 0.3) is 0 Å². The Balaban J connectivity index is 0. The molecule has 0 fully saturated rings. The molecule has 0 aliphatic heterocycles. The highest BCUT2D eigenvalue weighted by Crippen LogP contribution is 1.78. The van der Waals surface area contributed by atoms with E-state index in [2.05, 4.69) is 0 Å². The smallest absolute Gasteiger partial charge is 0.133 e. The third-order valence-corrected chi connectivity index (χ3v) is 0.548. The van der Waals surface area contributed by atoms with Gasteiger partial charge in [0.15, 0.2) is 0 Å². The first-order chi connectivity index (χ1) is 3.83. The molecule has 0 aromatic rings. The largest absolute Gasteiger partial charge is 0.185 e. The van der Waals surface area contributed by atoms with Crippen molar-refractivity contribution in [3.05, 3.63) is 0 Å². The third-order valence-electron chi connectivity index (χ3n) is 0.183. The Labute approximate surface area is 57.9 Å². The minimum absolute atomic E-state index is 1.16. The van der Waals surface area contributed by atoms with Crippen LogP contribution in [0.15, 0.2) is 0 Å². The van der Waals surface area contributed by atoms with E-state index in [0.29, 0.717) is 0 Å². The van der Waals surface area contributed by atoms with Crippen LogP contribution in [0.2, 0.25) is 0 Å². The highest BCUT2D eigenvalue weighted by atomic mass is 32.2. The first-order valence-electron chi connectivity index (χ1n) is 1.67. The number of thioether (sulfide) groups is 2. The second-order valence-electron chi connectivity index (χ2n) is 0.591. The molecule has 0 radical (unpaired) electrons. The van der Waals surface area contributed by atoms with Crippen molar-refractivity contribution in [3.8, 4) is 10.8 Å². The van der Waals surface area contributed by atoms with Crippen molar-refractivity contribution in [1.29, 1.82) is 10.5 Å². The van der Waals surface area contributed by atoms with Crippen LogP contribution < -0.4 is 0 Å². The van der Waals surface area contributed by atoms with Crippen molar-refractivity contribution in [1.82, 2.24) is 0 Å². The SMILES string of the molecule is CSC#N.CSC#N. The van der Waals surface area contributed by atoms with Gasteiger partial charge in [-0.3, -0.25) is 0 Å². The predicted octanol–water partition coefficient (Wildman–Crippen LogP) is 1.66. The Morgan fingerprint density at radius 1 is 1.00 bits per heavy atom. The van der Waals surface area contributed by atoms with E-state index < -0.39 is 0 Å². The van der Waals surface area contributed by atoms with E-state index in [9.17, 15) is 0 Å². The number of thiocyanates is 2. The number of hydrogen-bond donors (Lipinski definition) is 0. The first kappa shape index (κ1) is 10.6. The van der Waals surface area contributed by atoms with Gasteiger partial charge in [0.1, 0.15) is 10.8 Å². The van der Waals surface area contributed by atoms with Gasteiger partial charge in [-0.2, -0.15) is 10.5 Å². The average molecular weight is 146 g/mol. The monoisotopic (exact) mass is 146 g/mol. The molecule has 0 aliphatic carbocycles. The van der Waals surface area contributed by atoms with Gasteiger partial charge in [0.05, 0.1) is 0 Å². The van der Waals surface area contributed by atoms with Crippen molar-refractivity contribution in [2.45, 2.75) is 0 Å². The first-order valence-corrected chi connectivity index (χ1v) is 4.12. The Hall–Kier alpha value is -0.320. The van der Waals surface area contributed by atoms with Gasteiger partial charge < -0.3 is 0 Å². The van der Waals surface area contributed by atoms with Gasteiger partial charge in [-0.1, -0.05) is 0 Å². The van der Waals surface area contributed by atoms with Crippen LogP contribution in [-0.4, -0.2) is 12.5 Å². The molecule has 0 N–H and O–H groups in total. The zero-order valence-corrected chi connectivity index (χ0v) is 6.34. The fraction of sp³-hybridized carbons (Fsp3) is 0.500. The van der Waals surface area contributed by atoms with E-state index in [-0.39, 0.29) is 0 Å². The second kappa shape index (κ2) is 15.9. The number of rotatable bonds is 0. The van der Waals surface area contributed by atoms with Crippen LogP contribution in [0.1, 0.15) is 0 Å². The fourth-order valence-electron chi connectivity index (χ4n) is 0. The molecule has 0 bridgehead atoms. The molecule has 0 spiro atoms. The Bertz CT molecular complexity index is 85.6. The summed E-state index contributed by atoms with van der Waals surface area (Å²) in [4.78, 5) is 0. The van der Waals surface area contributed by atoms with Crippen LogP contribution in [0, 0.1) is 21.3 Å². The van der Waals surface area contributed by atoms with Crippen LogP contribution >= 0.6 is 23.5 Å². The van der Waals surface area contributed by atoms with Crippen molar-refractivity contribution in [3.63, 3.8) is 0 Å². The van der Waals surface area contributed by atoms with Crippen molar-refractivity contribution < 1.29 is 0 Å². The van der Waals surface area contributed by atoms with Gasteiger partial charge in [0.25, 0.3) is 0 Å². The van der Waals surface area contributed by atoms with E-state index in [4.69, 9.17) is 10.5 Å². The summed E-state index contributed by atoms with van der Waals surface area (Å²) in [6, 6.07) is 0. The molecule has 2 nitrogen and oxygen atoms in total. The summed E-state index contributed by atoms with van der Waals surface area (Å²) in [5, 5.41) is 18.9. The summed E-state index contributed by atoms with van der Waals surface area (Å²) in [5.41, 5.74) is 0. The summed E-state index contributed by atoms with van der Waals surface area (Å²) < 4.78 is 0. The van der Waals surface area contributed by atoms with E-state index in [1.165, 1.54) is 0 Å². The lowest BCUT2D eigenvalue weighted by Crippen LogP contribution is -1.27. The lowest BCUT2D eigenvalue weighted by molar-refractivity contribution is 1.57. The highest BCUT2D eigenvalue weighted by molar-refractivity contribution is 8.03. The predicted molar refractivity (Wildman–Crippen MR) is 38.3 cm³/mol.